The molecular weight excluding hydrogens is 391 g/mol. The minimum atomic E-state index is -0.350. The van der Waals surface area contributed by atoms with Crippen LogP contribution in [0.4, 0.5) is 10.1 Å². The molecule has 2 aromatic carbocycles. The Labute approximate surface area is 170 Å². The molecule has 146 valence electrons. The van der Waals surface area contributed by atoms with Gasteiger partial charge in [-0.05, 0) is 42.0 Å². The lowest BCUT2D eigenvalue weighted by atomic mass is 10.2. The van der Waals surface area contributed by atoms with Gasteiger partial charge in [-0.1, -0.05) is 42.1 Å². The summed E-state index contributed by atoms with van der Waals surface area (Å²) in [4.78, 5) is 12.3. The van der Waals surface area contributed by atoms with E-state index in [2.05, 4.69) is 15.5 Å². The molecule has 0 saturated carbocycles. The van der Waals surface area contributed by atoms with E-state index in [1.165, 1.54) is 36.0 Å². The van der Waals surface area contributed by atoms with Crippen molar-refractivity contribution in [3.63, 3.8) is 0 Å². The number of amides is 1. The van der Waals surface area contributed by atoms with Crippen LogP contribution in [0.15, 0.2) is 82.6 Å². The Kier molecular flexibility index (Phi) is 5.71. The van der Waals surface area contributed by atoms with Crippen molar-refractivity contribution in [2.75, 3.05) is 11.1 Å². The molecule has 4 aromatic rings. The van der Waals surface area contributed by atoms with Gasteiger partial charge in [0.05, 0.1) is 18.6 Å². The van der Waals surface area contributed by atoms with Gasteiger partial charge < -0.3 is 9.73 Å². The fourth-order valence-corrected chi connectivity index (χ4v) is 3.49. The third kappa shape index (κ3) is 4.72. The molecule has 2 aromatic heterocycles. The third-order valence-corrected chi connectivity index (χ3v) is 5.07. The van der Waals surface area contributed by atoms with Gasteiger partial charge in [0, 0.05) is 5.69 Å². The number of halogens is 1. The zero-order valence-corrected chi connectivity index (χ0v) is 16.1. The van der Waals surface area contributed by atoms with E-state index in [0.29, 0.717) is 29.0 Å². The summed E-state index contributed by atoms with van der Waals surface area (Å²) < 4.78 is 20.4. The van der Waals surface area contributed by atoms with Crippen molar-refractivity contribution in [3.05, 3.63) is 84.4 Å². The molecule has 2 heterocycles. The Morgan fingerprint density at radius 3 is 2.55 bits per heavy atom. The normalized spacial score (nSPS) is 10.8. The van der Waals surface area contributed by atoms with Gasteiger partial charge in [0.1, 0.15) is 5.82 Å². The van der Waals surface area contributed by atoms with Gasteiger partial charge in [-0.25, -0.2) is 4.39 Å². The number of benzene rings is 2. The number of nitrogens with one attached hydrogen (secondary N) is 1. The van der Waals surface area contributed by atoms with E-state index in [0.717, 1.165) is 5.56 Å². The maximum atomic E-state index is 13.0. The summed E-state index contributed by atoms with van der Waals surface area (Å²) in [5.41, 5.74) is 1.62. The highest BCUT2D eigenvalue weighted by atomic mass is 32.2. The van der Waals surface area contributed by atoms with E-state index >= 15 is 0 Å². The van der Waals surface area contributed by atoms with Crippen molar-refractivity contribution in [1.82, 2.24) is 14.8 Å². The molecule has 1 amide bonds. The van der Waals surface area contributed by atoms with Gasteiger partial charge in [0.25, 0.3) is 0 Å². The van der Waals surface area contributed by atoms with Crippen molar-refractivity contribution >= 4 is 23.4 Å². The standard InChI is InChI=1S/C21H17FN4O2S/c22-16-8-10-17(11-9-16)23-19(27)14-29-21-25-24-20(18-7-4-12-28-18)26(21)13-15-5-2-1-3-6-15/h1-12H,13-14H2,(H,23,27). The number of furan rings is 1. The molecule has 0 atom stereocenters. The molecule has 29 heavy (non-hydrogen) atoms. The highest BCUT2D eigenvalue weighted by Gasteiger charge is 2.18. The van der Waals surface area contributed by atoms with Gasteiger partial charge in [0.2, 0.25) is 11.7 Å². The second kappa shape index (κ2) is 8.74. The van der Waals surface area contributed by atoms with Crippen molar-refractivity contribution < 1.29 is 13.6 Å². The smallest absolute Gasteiger partial charge is 0.234 e. The fourth-order valence-electron chi connectivity index (χ4n) is 2.75. The third-order valence-electron chi connectivity index (χ3n) is 4.10. The lowest BCUT2D eigenvalue weighted by Gasteiger charge is -2.09. The predicted molar refractivity (Wildman–Crippen MR) is 109 cm³/mol. The second-order valence-electron chi connectivity index (χ2n) is 6.20. The number of aromatic nitrogens is 3. The van der Waals surface area contributed by atoms with Crippen LogP contribution in [0.25, 0.3) is 11.6 Å². The molecule has 0 spiro atoms. The predicted octanol–water partition coefficient (Wildman–Crippen LogP) is 4.46. The topological polar surface area (TPSA) is 73.0 Å². The van der Waals surface area contributed by atoms with Crippen LogP contribution in [-0.2, 0) is 11.3 Å². The molecule has 0 bridgehead atoms. The number of hydrogen-bond acceptors (Lipinski definition) is 5. The Bertz CT molecular complexity index is 1080. The minimum Gasteiger partial charge on any atom is -0.461 e. The summed E-state index contributed by atoms with van der Waals surface area (Å²) in [6, 6.07) is 19.2. The fraction of sp³-hybridized carbons (Fsp3) is 0.0952. The average molecular weight is 408 g/mol. The number of carbonyl (C=O) groups is 1. The maximum Gasteiger partial charge on any atom is 0.234 e. The molecule has 0 saturated heterocycles. The summed E-state index contributed by atoms with van der Waals surface area (Å²) in [6.45, 7) is 0.547. The number of nitrogens with zero attached hydrogens (tertiary/aromatic N) is 3. The highest BCUT2D eigenvalue weighted by Crippen LogP contribution is 2.25. The van der Waals surface area contributed by atoms with Crippen molar-refractivity contribution in [2.45, 2.75) is 11.7 Å². The first-order chi connectivity index (χ1) is 14.2. The van der Waals surface area contributed by atoms with Crippen molar-refractivity contribution in [1.29, 1.82) is 0 Å². The highest BCUT2D eigenvalue weighted by molar-refractivity contribution is 7.99. The number of anilines is 1. The zero-order chi connectivity index (χ0) is 20.1. The van der Waals surface area contributed by atoms with E-state index in [4.69, 9.17) is 4.42 Å². The van der Waals surface area contributed by atoms with E-state index < -0.39 is 0 Å². The Hall–Kier alpha value is -3.39. The average Bonchev–Trinajstić information content (AvgIpc) is 3.39. The van der Waals surface area contributed by atoms with Crippen molar-refractivity contribution in [2.24, 2.45) is 0 Å². The van der Waals surface area contributed by atoms with Crippen LogP contribution < -0.4 is 5.32 Å². The molecule has 6 nitrogen and oxygen atoms in total. The van der Waals surface area contributed by atoms with Crippen LogP contribution in [0.1, 0.15) is 5.56 Å². The molecule has 1 N–H and O–H groups in total. The van der Waals surface area contributed by atoms with Crippen LogP contribution in [0.2, 0.25) is 0 Å². The molecule has 0 aliphatic carbocycles. The van der Waals surface area contributed by atoms with Crippen LogP contribution in [-0.4, -0.2) is 26.4 Å². The van der Waals surface area contributed by atoms with Crippen LogP contribution in [0, 0.1) is 5.82 Å². The Morgan fingerprint density at radius 1 is 1.03 bits per heavy atom. The first-order valence-corrected chi connectivity index (χ1v) is 9.87. The first kappa shape index (κ1) is 18.9. The van der Waals surface area contributed by atoms with Gasteiger partial charge in [-0.2, -0.15) is 0 Å². The van der Waals surface area contributed by atoms with Gasteiger partial charge in [-0.15, -0.1) is 10.2 Å². The lowest BCUT2D eigenvalue weighted by Crippen LogP contribution is -2.14. The number of hydrogen-bond donors (Lipinski definition) is 1. The minimum absolute atomic E-state index is 0.141. The molecule has 0 aliphatic rings. The lowest BCUT2D eigenvalue weighted by molar-refractivity contribution is -0.113. The molecule has 0 aliphatic heterocycles. The van der Waals surface area contributed by atoms with E-state index in [9.17, 15) is 9.18 Å². The van der Waals surface area contributed by atoms with Gasteiger partial charge in [0.15, 0.2) is 10.9 Å². The molecule has 8 heteroatoms. The largest absolute Gasteiger partial charge is 0.461 e. The number of carbonyl (C=O) groups excluding carboxylic acids is 1. The summed E-state index contributed by atoms with van der Waals surface area (Å²) >= 11 is 1.28. The van der Waals surface area contributed by atoms with E-state index in [-0.39, 0.29) is 17.5 Å². The van der Waals surface area contributed by atoms with Gasteiger partial charge in [-0.3, -0.25) is 9.36 Å². The quantitative estimate of drug-likeness (QED) is 0.457. The Balaban J connectivity index is 1.50. The zero-order valence-electron chi connectivity index (χ0n) is 15.3. The number of rotatable bonds is 7. The maximum absolute atomic E-state index is 13.0. The Morgan fingerprint density at radius 2 is 1.83 bits per heavy atom. The van der Waals surface area contributed by atoms with E-state index in [1.54, 1.807) is 12.3 Å². The molecule has 4 rings (SSSR count). The molecular formula is C21H17FN4O2S. The summed E-state index contributed by atoms with van der Waals surface area (Å²) in [5.74, 6) is 0.784. The first-order valence-electron chi connectivity index (χ1n) is 8.88. The summed E-state index contributed by atoms with van der Waals surface area (Å²) in [6.07, 6.45) is 1.58. The summed E-state index contributed by atoms with van der Waals surface area (Å²) in [5, 5.41) is 11.8. The van der Waals surface area contributed by atoms with Crippen LogP contribution in [0.5, 0.6) is 0 Å². The summed E-state index contributed by atoms with van der Waals surface area (Å²) in [7, 11) is 0. The van der Waals surface area contributed by atoms with Crippen LogP contribution in [0.3, 0.4) is 0 Å². The van der Waals surface area contributed by atoms with E-state index in [1.807, 2.05) is 41.0 Å². The molecule has 0 fully saturated rings. The monoisotopic (exact) mass is 408 g/mol. The van der Waals surface area contributed by atoms with Gasteiger partial charge >= 0.3 is 0 Å². The molecule has 0 radical (unpaired) electrons. The number of thioether (sulfide) groups is 1. The van der Waals surface area contributed by atoms with Crippen molar-refractivity contribution in [3.8, 4) is 11.6 Å². The second-order valence-corrected chi connectivity index (χ2v) is 7.14. The van der Waals surface area contributed by atoms with Crippen LogP contribution >= 0.6 is 11.8 Å². The SMILES string of the molecule is O=C(CSc1nnc(-c2ccco2)n1Cc1ccccc1)Nc1ccc(F)cc1. The molecule has 0 unspecified atom stereocenters.